The van der Waals surface area contributed by atoms with E-state index in [-0.39, 0.29) is 17.6 Å². The molecule has 11 heteroatoms. The molecule has 2 N–H and O–H groups in total. The third-order valence-electron chi connectivity index (χ3n) is 4.16. The maximum atomic E-state index is 12.5. The summed E-state index contributed by atoms with van der Waals surface area (Å²) >= 11 is 1.22. The number of rotatable bonds is 9. The van der Waals surface area contributed by atoms with Crippen LogP contribution in [0.3, 0.4) is 0 Å². The van der Waals surface area contributed by atoms with Crippen LogP contribution in [0.4, 0.5) is 11.4 Å². The van der Waals surface area contributed by atoms with Gasteiger partial charge in [0.25, 0.3) is 5.91 Å². The summed E-state index contributed by atoms with van der Waals surface area (Å²) in [4.78, 5) is 36.4. The molecule has 2 aromatic carbocycles. The van der Waals surface area contributed by atoms with E-state index in [4.69, 9.17) is 4.74 Å². The molecule has 0 fully saturated rings. The maximum Gasteiger partial charge on any atom is 0.338 e. The van der Waals surface area contributed by atoms with Gasteiger partial charge in [-0.05, 0) is 65.4 Å². The van der Waals surface area contributed by atoms with Crippen molar-refractivity contribution in [2.45, 2.75) is 18.5 Å². The molecule has 166 valence electrons. The Morgan fingerprint density at radius 3 is 2.19 bits per heavy atom. The summed E-state index contributed by atoms with van der Waals surface area (Å²) in [5, 5.41) is 17.1. The summed E-state index contributed by atoms with van der Waals surface area (Å²) in [6.07, 6.45) is 0.752. The maximum absolute atomic E-state index is 12.5. The molecule has 0 bridgehead atoms. The highest BCUT2D eigenvalue weighted by molar-refractivity contribution is 7.99. The first-order valence-electron chi connectivity index (χ1n) is 9.80. The van der Waals surface area contributed by atoms with Crippen molar-refractivity contribution in [1.29, 1.82) is 0 Å². The van der Waals surface area contributed by atoms with Gasteiger partial charge in [0, 0.05) is 24.0 Å². The minimum Gasteiger partial charge on any atom is -0.462 e. The zero-order chi connectivity index (χ0) is 22.9. The van der Waals surface area contributed by atoms with E-state index in [0.29, 0.717) is 34.3 Å². The number of nitrogens with zero attached hydrogens (tertiary/aromatic N) is 4. The van der Waals surface area contributed by atoms with Gasteiger partial charge in [0.15, 0.2) is 0 Å². The number of nitrogens with one attached hydrogen (secondary N) is 2. The number of ether oxygens (including phenoxy) is 1. The lowest BCUT2D eigenvalue weighted by molar-refractivity contribution is -0.113. The van der Waals surface area contributed by atoms with Crippen molar-refractivity contribution in [2.24, 2.45) is 7.05 Å². The standard InChI is InChI=1S/C21H22N6O4S/c1-3-12-31-20(30)15-6-10-17(11-7-15)23-19(29)14-4-8-16(9-5-14)22-18(28)13-32-21-24-25-26-27(21)2/h4-11H,3,12-13H2,1-2H3,(H,22,28)(H,23,29). The van der Waals surface area contributed by atoms with Crippen LogP contribution in [0.1, 0.15) is 34.1 Å². The molecule has 10 nitrogen and oxygen atoms in total. The molecule has 32 heavy (non-hydrogen) atoms. The van der Waals surface area contributed by atoms with E-state index < -0.39 is 5.97 Å². The fourth-order valence-electron chi connectivity index (χ4n) is 2.55. The van der Waals surface area contributed by atoms with Gasteiger partial charge >= 0.3 is 5.97 Å². The molecule has 0 aliphatic carbocycles. The second kappa shape index (κ2) is 11.0. The van der Waals surface area contributed by atoms with Gasteiger partial charge in [-0.15, -0.1) is 5.10 Å². The predicted molar refractivity (Wildman–Crippen MR) is 120 cm³/mol. The lowest BCUT2D eigenvalue weighted by atomic mass is 10.1. The zero-order valence-corrected chi connectivity index (χ0v) is 18.4. The van der Waals surface area contributed by atoms with Gasteiger partial charge in [0.2, 0.25) is 11.1 Å². The van der Waals surface area contributed by atoms with Crippen molar-refractivity contribution in [2.75, 3.05) is 23.0 Å². The molecule has 0 unspecified atom stereocenters. The quantitative estimate of drug-likeness (QED) is 0.373. The first-order chi connectivity index (χ1) is 15.5. The van der Waals surface area contributed by atoms with Gasteiger partial charge in [0.05, 0.1) is 17.9 Å². The number of tetrazole rings is 1. The monoisotopic (exact) mass is 454 g/mol. The summed E-state index contributed by atoms with van der Waals surface area (Å²) in [6, 6.07) is 13.0. The van der Waals surface area contributed by atoms with Crippen molar-refractivity contribution >= 4 is 40.9 Å². The number of carbonyl (C=O) groups is 3. The fourth-order valence-corrected chi connectivity index (χ4v) is 3.20. The third kappa shape index (κ3) is 6.38. The SMILES string of the molecule is CCCOC(=O)c1ccc(NC(=O)c2ccc(NC(=O)CSc3nnnn3C)cc2)cc1. The topological polar surface area (TPSA) is 128 Å². The molecule has 0 radical (unpaired) electrons. The van der Waals surface area contributed by atoms with Crippen molar-refractivity contribution in [3.8, 4) is 0 Å². The van der Waals surface area contributed by atoms with Crippen LogP contribution < -0.4 is 10.6 Å². The number of aromatic nitrogens is 4. The van der Waals surface area contributed by atoms with Crippen LogP contribution in [0.5, 0.6) is 0 Å². The molecule has 2 amide bonds. The van der Waals surface area contributed by atoms with Crippen molar-refractivity contribution in [1.82, 2.24) is 20.2 Å². The third-order valence-corrected chi connectivity index (χ3v) is 5.17. The van der Waals surface area contributed by atoms with Crippen molar-refractivity contribution in [3.05, 3.63) is 59.7 Å². The average molecular weight is 455 g/mol. The van der Waals surface area contributed by atoms with Crippen LogP contribution in [0.2, 0.25) is 0 Å². The molecule has 0 saturated carbocycles. The van der Waals surface area contributed by atoms with Crippen LogP contribution in [-0.4, -0.2) is 50.4 Å². The van der Waals surface area contributed by atoms with Gasteiger partial charge < -0.3 is 15.4 Å². The molecule has 0 aliphatic rings. The van der Waals surface area contributed by atoms with Crippen molar-refractivity contribution < 1.29 is 19.1 Å². The number of hydrogen-bond donors (Lipinski definition) is 2. The lowest BCUT2D eigenvalue weighted by Gasteiger charge is -2.08. The summed E-state index contributed by atoms with van der Waals surface area (Å²) < 4.78 is 6.56. The fraction of sp³-hybridized carbons (Fsp3) is 0.238. The number of esters is 1. The molecule has 0 spiro atoms. The van der Waals surface area contributed by atoms with E-state index in [1.165, 1.54) is 16.4 Å². The molecule has 3 aromatic rings. The highest BCUT2D eigenvalue weighted by Crippen LogP contribution is 2.16. The Kier molecular flexibility index (Phi) is 7.92. The number of aryl methyl sites for hydroxylation is 1. The summed E-state index contributed by atoms with van der Waals surface area (Å²) in [7, 11) is 1.69. The molecule has 1 heterocycles. The van der Waals surface area contributed by atoms with Gasteiger partial charge in [-0.2, -0.15) is 0 Å². The van der Waals surface area contributed by atoms with E-state index in [9.17, 15) is 14.4 Å². The number of benzene rings is 2. The molecule has 3 rings (SSSR count). The van der Waals surface area contributed by atoms with Crippen LogP contribution in [0.15, 0.2) is 53.7 Å². The van der Waals surface area contributed by atoms with E-state index in [1.807, 2.05) is 6.92 Å². The molecule has 1 aromatic heterocycles. The molecule has 0 saturated heterocycles. The number of anilines is 2. The Morgan fingerprint density at radius 1 is 0.969 bits per heavy atom. The van der Waals surface area contributed by atoms with Crippen LogP contribution in [0.25, 0.3) is 0 Å². The summed E-state index contributed by atoms with van der Waals surface area (Å²) in [6.45, 7) is 2.29. The first kappa shape index (κ1) is 22.9. The predicted octanol–water partition coefficient (Wildman–Crippen LogP) is 2.76. The van der Waals surface area contributed by atoms with Gasteiger partial charge in [0.1, 0.15) is 0 Å². The number of thioether (sulfide) groups is 1. The van der Waals surface area contributed by atoms with Crippen molar-refractivity contribution in [3.63, 3.8) is 0 Å². The van der Waals surface area contributed by atoms with Crippen LogP contribution in [-0.2, 0) is 16.6 Å². The highest BCUT2D eigenvalue weighted by Gasteiger charge is 2.11. The van der Waals surface area contributed by atoms with E-state index in [1.54, 1.807) is 55.6 Å². The smallest absolute Gasteiger partial charge is 0.338 e. The largest absolute Gasteiger partial charge is 0.462 e. The van der Waals surface area contributed by atoms with E-state index >= 15 is 0 Å². The first-order valence-corrected chi connectivity index (χ1v) is 10.8. The Balaban J connectivity index is 1.50. The average Bonchev–Trinajstić information content (AvgIpc) is 3.21. The second-order valence-corrected chi connectivity index (χ2v) is 7.61. The minimum atomic E-state index is -0.394. The number of carbonyl (C=O) groups excluding carboxylic acids is 3. The lowest BCUT2D eigenvalue weighted by Crippen LogP contribution is -2.15. The molecular weight excluding hydrogens is 432 g/mol. The molecule has 0 atom stereocenters. The normalized spacial score (nSPS) is 10.4. The molecular formula is C21H22N6O4S. The highest BCUT2D eigenvalue weighted by atomic mass is 32.2. The Bertz CT molecular complexity index is 1080. The number of amides is 2. The van der Waals surface area contributed by atoms with Crippen LogP contribution >= 0.6 is 11.8 Å². The minimum absolute atomic E-state index is 0.151. The van der Waals surface area contributed by atoms with Crippen LogP contribution in [0, 0.1) is 0 Å². The van der Waals surface area contributed by atoms with E-state index in [2.05, 4.69) is 26.2 Å². The zero-order valence-electron chi connectivity index (χ0n) is 17.6. The Hall–Kier alpha value is -3.73. The van der Waals surface area contributed by atoms with Gasteiger partial charge in [-0.3, -0.25) is 9.59 Å². The van der Waals surface area contributed by atoms with Gasteiger partial charge in [-0.1, -0.05) is 18.7 Å². The molecule has 0 aliphatic heterocycles. The Labute approximate surface area is 188 Å². The van der Waals surface area contributed by atoms with E-state index in [0.717, 1.165) is 6.42 Å². The Morgan fingerprint density at radius 2 is 1.59 bits per heavy atom. The van der Waals surface area contributed by atoms with Gasteiger partial charge in [-0.25, -0.2) is 9.48 Å². The summed E-state index contributed by atoms with van der Waals surface area (Å²) in [5.74, 6) is -0.769. The second-order valence-electron chi connectivity index (χ2n) is 6.67. The summed E-state index contributed by atoms with van der Waals surface area (Å²) in [5.41, 5.74) is 1.96. The number of hydrogen-bond acceptors (Lipinski definition) is 8.